The van der Waals surface area contributed by atoms with Crippen LogP contribution in [0, 0.1) is 5.92 Å². The molecule has 14 heavy (non-hydrogen) atoms. The van der Waals surface area contributed by atoms with Gasteiger partial charge in [0.15, 0.2) is 0 Å². The molecule has 0 radical (unpaired) electrons. The average Bonchev–Trinajstić information content (AvgIpc) is 2.93. The topological polar surface area (TPSA) is 26.0 Å². The molecule has 0 bridgehead atoms. The molecule has 1 fully saturated rings. The third-order valence-corrected chi connectivity index (χ3v) is 2.88. The zero-order valence-corrected chi connectivity index (χ0v) is 8.61. The fourth-order valence-corrected chi connectivity index (χ4v) is 1.88. The Bertz CT molecular complexity index is 326. The summed E-state index contributed by atoms with van der Waals surface area (Å²) in [5.41, 5.74) is 8.65. The van der Waals surface area contributed by atoms with Gasteiger partial charge in [-0.05, 0) is 24.3 Å². The van der Waals surface area contributed by atoms with E-state index in [9.17, 15) is 0 Å². The molecule has 2 rings (SSSR count). The lowest BCUT2D eigenvalue weighted by atomic mass is 10.0. The van der Waals surface area contributed by atoms with E-state index in [0.29, 0.717) is 12.0 Å². The van der Waals surface area contributed by atoms with E-state index in [0.717, 1.165) is 6.42 Å². The minimum atomic E-state index is 0.421. The second kappa shape index (κ2) is 3.97. The lowest BCUT2D eigenvalue weighted by Gasteiger charge is -2.02. The molecule has 1 saturated carbocycles. The molecule has 0 heterocycles. The summed E-state index contributed by atoms with van der Waals surface area (Å²) in [7, 11) is 0. The summed E-state index contributed by atoms with van der Waals surface area (Å²) in [5, 5.41) is 0. The molecule has 1 aliphatic carbocycles. The van der Waals surface area contributed by atoms with Crippen molar-refractivity contribution >= 4 is 6.08 Å². The van der Waals surface area contributed by atoms with Crippen molar-refractivity contribution in [2.24, 2.45) is 11.7 Å². The SMILES string of the molecule is CCC(=Cc1ccccc1)C1CC1N. The van der Waals surface area contributed by atoms with Gasteiger partial charge in [0, 0.05) is 6.04 Å². The molecule has 1 aliphatic rings. The van der Waals surface area contributed by atoms with Crippen molar-refractivity contribution in [3.63, 3.8) is 0 Å². The summed E-state index contributed by atoms with van der Waals surface area (Å²) in [6, 6.07) is 10.9. The van der Waals surface area contributed by atoms with E-state index in [4.69, 9.17) is 5.73 Å². The van der Waals surface area contributed by atoms with Crippen LogP contribution >= 0.6 is 0 Å². The molecule has 1 nitrogen and oxygen atoms in total. The van der Waals surface area contributed by atoms with Crippen LogP contribution in [0.2, 0.25) is 0 Å². The van der Waals surface area contributed by atoms with E-state index in [2.05, 4.69) is 37.3 Å². The minimum absolute atomic E-state index is 0.421. The highest BCUT2D eigenvalue weighted by atomic mass is 14.7. The first-order valence-corrected chi connectivity index (χ1v) is 5.32. The van der Waals surface area contributed by atoms with Gasteiger partial charge >= 0.3 is 0 Å². The second-order valence-corrected chi connectivity index (χ2v) is 3.99. The Kier molecular flexibility index (Phi) is 2.69. The Morgan fingerprint density at radius 3 is 2.57 bits per heavy atom. The van der Waals surface area contributed by atoms with Gasteiger partial charge in [-0.25, -0.2) is 0 Å². The van der Waals surface area contributed by atoms with Gasteiger partial charge in [0.1, 0.15) is 0 Å². The zero-order chi connectivity index (χ0) is 9.97. The Balaban J connectivity index is 2.15. The van der Waals surface area contributed by atoms with Gasteiger partial charge in [-0.3, -0.25) is 0 Å². The van der Waals surface area contributed by atoms with E-state index in [1.807, 2.05) is 6.07 Å². The fraction of sp³-hybridized carbons (Fsp3) is 0.385. The lowest BCUT2D eigenvalue weighted by Crippen LogP contribution is -2.03. The Morgan fingerprint density at radius 2 is 2.07 bits per heavy atom. The van der Waals surface area contributed by atoms with Crippen molar-refractivity contribution in [1.82, 2.24) is 0 Å². The highest BCUT2D eigenvalue weighted by Crippen LogP contribution is 2.37. The highest BCUT2D eigenvalue weighted by Gasteiger charge is 2.35. The third kappa shape index (κ3) is 2.05. The van der Waals surface area contributed by atoms with E-state index in [1.165, 1.54) is 17.6 Å². The van der Waals surface area contributed by atoms with Crippen molar-refractivity contribution in [1.29, 1.82) is 0 Å². The van der Waals surface area contributed by atoms with Crippen LogP contribution in [0.3, 0.4) is 0 Å². The van der Waals surface area contributed by atoms with E-state index < -0.39 is 0 Å². The monoisotopic (exact) mass is 187 g/mol. The van der Waals surface area contributed by atoms with Crippen molar-refractivity contribution in [3.8, 4) is 0 Å². The average molecular weight is 187 g/mol. The summed E-state index contributed by atoms with van der Waals surface area (Å²) in [6.07, 6.45) is 4.58. The van der Waals surface area contributed by atoms with Gasteiger partial charge in [-0.15, -0.1) is 0 Å². The van der Waals surface area contributed by atoms with Gasteiger partial charge in [-0.1, -0.05) is 48.9 Å². The van der Waals surface area contributed by atoms with Crippen molar-refractivity contribution in [3.05, 3.63) is 41.5 Å². The van der Waals surface area contributed by atoms with Crippen LogP contribution < -0.4 is 5.73 Å². The number of benzene rings is 1. The van der Waals surface area contributed by atoms with Crippen LogP contribution in [0.4, 0.5) is 0 Å². The predicted octanol–water partition coefficient (Wildman–Crippen LogP) is 2.83. The van der Waals surface area contributed by atoms with Crippen LogP contribution in [0.25, 0.3) is 6.08 Å². The zero-order valence-electron chi connectivity index (χ0n) is 8.61. The summed E-state index contributed by atoms with van der Waals surface area (Å²) >= 11 is 0. The maximum Gasteiger partial charge on any atom is 0.0112 e. The summed E-state index contributed by atoms with van der Waals surface area (Å²) in [5.74, 6) is 0.653. The molecule has 0 saturated heterocycles. The fourth-order valence-electron chi connectivity index (χ4n) is 1.88. The van der Waals surface area contributed by atoms with Crippen molar-refractivity contribution in [2.45, 2.75) is 25.8 Å². The first-order chi connectivity index (χ1) is 6.81. The van der Waals surface area contributed by atoms with Crippen LogP contribution in [0.1, 0.15) is 25.3 Å². The predicted molar refractivity (Wildman–Crippen MR) is 60.8 cm³/mol. The molecule has 2 unspecified atom stereocenters. The summed E-state index contributed by atoms with van der Waals surface area (Å²) < 4.78 is 0. The molecule has 74 valence electrons. The van der Waals surface area contributed by atoms with Crippen LogP contribution in [0.5, 0.6) is 0 Å². The molecule has 0 spiro atoms. The van der Waals surface area contributed by atoms with Crippen LogP contribution in [-0.4, -0.2) is 6.04 Å². The first-order valence-electron chi connectivity index (χ1n) is 5.32. The highest BCUT2D eigenvalue weighted by molar-refractivity contribution is 5.54. The van der Waals surface area contributed by atoms with E-state index in [1.54, 1.807) is 0 Å². The largest absolute Gasteiger partial charge is 0.327 e. The molecule has 0 aromatic heterocycles. The molecule has 0 amide bonds. The molecule has 2 atom stereocenters. The Labute approximate surface area is 85.6 Å². The lowest BCUT2D eigenvalue weighted by molar-refractivity contribution is 0.870. The normalized spacial score (nSPS) is 26.3. The maximum absolute atomic E-state index is 5.86. The molecule has 1 aromatic rings. The minimum Gasteiger partial charge on any atom is -0.327 e. The quantitative estimate of drug-likeness (QED) is 0.773. The molecular formula is C13H17N. The van der Waals surface area contributed by atoms with Crippen molar-refractivity contribution < 1.29 is 0 Å². The van der Waals surface area contributed by atoms with E-state index in [-0.39, 0.29) is 0 Å². The number of hydrogen-bond acceptors (Lipinski definition) is 1. The second-order valence-electron chi connectivity index (χ2n) is 3.99. The van der Waals surface area contributed by atoms with Gasteiger partial charge in [-0.2, -0.15) is 0 Å². The Hall–Kier alpha value is -1.08. The van der Waals surface area contributed by atoms with Gasteiger partial charge in [0.2, 0.25) is 0 Å². The van der Waals surface area contributed by atoms with Gasteiger partial charge < -0.3 is 5.73 Å². The summed E-state index contributed by atoms with van der Waals surface area (Å²) in [6.45, 7) is 2.21. The molecule has 1 heteroatoms. The number of hydrogen-bond donors (Lipinski definition) is 1. The first kappa shape index (κ1) is 9.47. The van der Waals surface area contributed by atoms with Crippen LogP contribution in [-0.2, 0) is 0 Å². The maximum atomic E-state index is 5.86. The molecule has 2 N–H and O–H groups in total. The van der Waals surface area contributed by atoms with Gasteiger partial charge in [0.05, 0.1) is 0 Å². The molecular weight excluding hydrogens is 170 g/mol. The van der Waals surface area contributed by atoms with Gasteiger partial charge in [0.25, 0.3) is 0 Å². The number of nitrogens with two attached hydrogens (primary N) is 1. The molecule has 0 aliphatic heterocycles. The Morgan fingerprint density at radius 1 is 1.43 bits per heavy atom. The third-order valence-electron chi connectivity index (χ3n) is 2.88. The standard InChI is InChI=1S/C13H17N/c1-2-11(12-9-13(12)14)8-10-6-4-3-5-7-10/h3-8,12-13H,2,9,14H2,1H3. The summed E-state index contributed by atoms with van der Waals surface area (Å²) in [4.78, 5) is 0. The smallest absolute Gasteiger partial charge is 0.0112 e. The van der Waals surface area contributed by atoms with Crippen LogP contribution in [0.15, 0.2) is 35.9 Å². The van der Waals surface area contributed by atoms with Crippen molar-refractivity contribution in [2.75, 3.05) is 0 Å². The molecule has 1 aromatic carbocycles. The van der Waals surface area contributed by atoms with E-state index >= 15 is 0 Å². The number of rotatable bonds is 3.